The lowest BCUT2D eigenvalue weighted by Crippen LogP contribution is -2.15. The van der Waals surface area contributed by atoms with Gasteiger partial charge >= 0.3 is 0 Å². The summed E-state index contributed by atoms with van der Waals surface area (Å²) in [5.41, 5.74) is 1.16. The lowest BCUT2D eigenvalue weighted by molar-refractivity contribution is 0.326. The molecule has 0 aliphatic heterocycles. The van der Waals surface area contributed by atoms with Crippen LogP contribution in [0, 0.1) is 0 Å². The molecule has 0 saturated carbocycles. The molecule has 0 saturated heterocycles. The molecule has 0 aliphatic carbocycles. The monoisotopic (exact) mass is 349 g/mol. The standard InChI is InChI=1S/C16H23N5O2S/c1-4-9-23-14-7-6-13(11-15(14)22-3)12-17-8-5-10-24-16-18-19-20-21(16)2/h4,6-7,11,17H,1,5,8-10,12H2,2-3H3. The predicted molar refractivity (Wildman–Crippen MR) is 94.5 cm³/mol. The number of nitrogens with zero attached hydrogens (tertiary/aromatic N) is 4. The molecule has 0 aliphatic rings. The quantitative estimate of drug-likeness (QED) is 0.378. The Balaban J connectivity index is 1.70. The smallest absolute Gasteiger partial charge is 0.209 e. The summed E-state index contributed by atoms with van der Waals surface area (Å²) in [6.45, 7) is 5.82. The maximum Gasteiger partial charge on any atom is 0.209 e. The maximum atomic E-state index is 5.55. The zero-order valence-electron chi connectivity index (χ0n) is 14.1. The van der Waals surface area contributed by atoms with Crippen molar-refractivity contribution in [3.63, 3.8) is 0 Å². The number of rotatable bonds is 11. The van der Waals surface area contributed by atoms with Crippen LogP contribution < -0.4 is 14.8 Å². The van der Waals surface area contributed by atoms with Crippen LogP contribution in [0.3, 0.4) is 0 Å². The first-order chi connectivity index (χ1) is 11.7. The lowest BCUT2D eigenvalue weighted by atomic mass is 10.2. The highest BCUT2D eigenvalue weighted by atomic mass is 32.2. The highest BCUT2D eigenvalue weighted by Gasteiger charge is 2.05. The van der Waals surface area contributed by atoms with Crippen molar-refractivity contribution in [3.8, 4) is 11.5 Å². The fourth-order valence-electron chi connectivity index (χ4n) is 2.03. The van der Waals surface area contributed by atoms with E-state index in [9.17, 15) is 0 Å². The molecule has 0 spiro atoms. The molecular weight excluding hydrogens is 326 g/mol. The lowest BCUT2D eigenvalue weighted by Gasteiger charge is -2.11. The van der Waals surface area contributed by atoms with Crippen LogP contribution in [0.2, 0.25) is 0 Å². The van der Waals surface area contributed by atoms with Crippen molar-refractivity contribution < 1.29 is 9.47 Å². The molecule has 0 bridgehead atoms. The van der Waals surface area contributed by atoms with Gasteiger partial charge in [-0.15, -0.1) is 5.10 Å². The summed E-state index contributed by atoms with van der Waals surface area (Å²) >= 11 is 1.66. The molecular formula is C16H23N5O2S. The second-order valence-electron chi connectivity index (χ2n) is 5.05. The third kappa shape index (κ3) is 5.54. The van der Waals surface area contributed by atoms with Crippen LogP contribution in [0.1, 0.15) is 12.0 Å². The predicted octanol–water partition coefficient (Wildman–Crippen LogP) is 2.06. The normalized spacial score (nSPS) is 10.6. The van der Waals surface area contributed by atoms with Gasteiger partial charge in [-0.1, -0.05) is 30.5 Å². The van der Waals surface area contributed by atoms with E-state index in [4.69, 9.17) is 9.47 Å². The van der Waals surface area contributed by atoms with Gasteiger partial charge in [0.1, 0.15) is 6.61 Å². The summed E-state index contributed by atoms with van der Waals surface area (Å²) in [7, 11) is 3.49. The third-order valence-corrected chi connectivity index (χ3v) is 4.32. The molecule has 0 amide bonds. The Morgan fingerprint density at radius 2 is 2.25 bits per heavy atom. The Morgan fingerprint density at radius 3 is 2.96 bits per heavy atom. The van der Waals surface area contributed by atoms with Gasteiger partial charge in [0.25, 0.3) is 0 Å². The fraction of sp³-hybridized carbons (Fsp3) is 0.438. The molecule has 130 valence electrons. The topological polar surface area (TPSA) is 74.1 Å². The Bertz CT molecular complexity index is 647. The van der Waals surface area contributed by atoms with E-state index in [-0.39, 0.29) is 0 Å². The van der Waals surface area contributed by atoms with Crippen molar-refractivity contribution in [2.45, 2.75) is 18.1 Å². The molecule has 0 radical (unpaired) electrons. The van der Waals surface area contributed by atoms with Gasteiger partial charge in [0.15, 0.2) is 11.5 Å². The van der Waals surface area contributed by atoms with E-state index < -0.39 is 0 Å². The minimum Gasteiger partial charge on any atom is -0.493 e. The number of aromatic nitrogens is 4. The van der Waals surface area contributed by atoms with Gasteiger partial charge in [-0.2, -0.15) is 0 Å². The van der Waals surface area contributed by atoms with E-state index in [1.54, 1.807) is 29.6 Å². The molecule has 8 heteroatoms. The summed E-state index contributed by atoms with van der Waals surface area (Å²) in [6, 6.07) is 5.95. The number of ether oxygens (including phenoxy) is 2. The first-order valence-corrected chi connectivity index (χ1v) is 8.69. The first-order valence-electron chi connectivity index (χ1n) is 7.71. The molecule has 24 heavy (non-hydrogen) atoms. The van der Waals surface area contributed by atoms with Crippen LogP contribution in [0.5, 0.6) is 11.5 Å². The van der Waals surface area contributed by atoms with Crippen molar-refractivity contribution in [1.29, 1.82) is 0 Å². The maximum absolute atomic E-state index is 5.55. The highest BCUT2D eigenvalue weighted by molar-refractivity contribution is 7.99. The second-order valence-corrected chi connectivity index (χ2v) is 6.11. The SMILES string of the molecule is C=CCOc1ccc(CNCCCSc2nnnn2C)cc1OC. The minimum absolute atomic E-state index is 0.465. The van der Waals surface area contributed by atoms with Gasteiger partial charge in [-0.3, -0.25) is 0 Å². The van der Waals surface area contributed by atoms with Crippen LogP contribution in [0.4, 0.5) is 0 Å². The summed E-state index contributed by atoms with van der Waals surface area (Å²) in [6.07, 6.45) is 2.75. The Hall–Kier alpha value is -2.06. The molecule has 1 aromatic carbocycles. The number of nitrogens with one attached hydrogen (secondary N) is 1. The zero-order chi connectivity index (χ0) is 17.2. The summed E-state index contributed by atoms with van der Waals surface area (Å²) in [4.78, 5) is 0. The van der Waals surface area contributed by atoms with Crippen LogP contribution in [0.25, 0.3) is 0 Å². The number of tetrazole rings is 1. The van der Waals surface area contributed by atoms with E-state index in [1.807, 2.05) is 25.2 Å². The highest BCUT2D eigenvalue weighted by Crippen LogP contribution is 2.28. The minimum atomic E-state index is 0.465. The summed E-state index contributed by atoms with van der Waals surface area (Å²) < 4.78 is 12.6. The van der Waals surface area contributed by atoms with Crippen LogP contribution in [0.15, 0.2) is 36.0 Å². The average molecular weight is 349 g/mol. The van der Waals surface area contributed by atoms with E-state index in [0.29, 0.717) is 6.61 Å². The van der Waals surface area contributed by atoms with E-state index in [2.05, 4.69) is 27.4 Å². The molecule has 0 fully saturated rings. The van der Waals surface area contributed by atoms with E-state index in [0.717, 1.165) is 47.5 Å². The van der Waals surface area contributed by atoms with Crippen molar-refractivity contribution in [3.05, 3.63) is 36.4 Å². The van der Waals surface area contributed by atoms with Crippen molar-refractivity contribution in [1.82, 2.24) is 25.5 Å². The molecule has 2 aromatic rings. The molecule has 1 heterocycles. The van der Waals surface area contributed by atoms with Crippen LogP contribution in [-0.2, 0) is 13.6 Å². The van der Waals surface area contributed by atoms with Gasteiger partial charge in [0.2, 0.25) is 5.16 Å². The van der Waals surface area contributed by atoms with Crippen molar-refractivity contribution in [2.75, 3.05) is 26.0 Å². The van der Waals surface area contributed by atoms with Gasteiger partial charge in [-0.25, -0.2) is 4.68 Å². The Kier molecular flexibility index (Phi) is 7.57. The third-order valence-electron chi connectivity index (χ3n) is 3.22. The molecule has 0 atom stereocenters. The summed E-state index contributed by atoms with van der Waals surface area (Å²) in [5.74, 6) is 2.44. The van der Waals surface area contributed by atoms with E-state index in [1.165, 1.54) is 0 Å². The van der Waals surface area contributed by atoms with Crippen molar-refractivity contribution in [2.24, 2.45) is 7.05 Å². The molecule has 1 N–H and O–H groups in total. The van der Waals surface area contributed by atoms with Crippen LogP contribution >= 0.6 is 11.8 Å². The molecule has 2 rings (SSSR count). The van der Waals surface area contributed by atoms with E-state index >= 15 is 0 Å². The largest absolute Gasteiger partial charge is 0.493 e. The van der Waals surface area contributed by atoms with Gasteiger partial charge in [0, 0.05) is 19.3 Å². The Morgan fingerprint density at radius 1 is 1.38 bits per heavy atom. The summed E-state index contributed by atoms with van der Waals surface area (Å²) in [5, 5.41) is 15.6. The van der Waals surface area contributed by atoms with Gasteiger partial charge in [-0.05, 0) is 41.1 Å². The fourth-order valence-corrected chi connectivity index (χ4v) is 2.82. The molecule has 0 unspecified atom stereocenters. The number of aryl methyl sites for hydroxylation is 1. The Labute approximate surface area is 146 Å². The number of hydrogen-bond acceptors (Lipinski definition) is 7. The van der Waals surface area contributed by atoms with Gasteiger partial charge in [0.05, 0.1) is 7.11 Å². The average Bonchev–Trinajstić information content (AvgIpc) is 3.01. The molecule has 7 nitrogen and oxygen atoms in total. The number of hydrogen-bond donors (Lipinski definition) is 1. The number of benzene rings is 1. The van der Waals surface area contributed by atoms with Gasteiger partial charge < -0.3 is 14.8 Å². The van der Waals surface area contributed by atoms with Crippen LogP contribution in [-0.4, -0.2) is 46.2 Å². The zero-order valence-corrected chi connectivity index (χ0v) is 14.9. The first kappa shape index (κ1) is 18.3. The second kappa shape index (κ2) is 9.94. The number of thioether (sulfide) groups is 1. The van der Waals surface area contributed by atoms with Crippen molar-refractivity contribution >= 4 is 11.8 Å². The number of methoxy groups -OCH3 is 1. The molecule has 1 aromatic heterocycles.